The van der Waals surface area contributed by atoms with E-state index in [1.54, 1.807) is 0 Å². The molecule has 0 aliphatic carbocycles. The molecule has 1 saturated heterocycles. The van der Waals surface area contributed by atoms with Crippen LogP contribution in [0.25, 0.3) is 0 Å². The van der Waals surface area contributed by atoms with Crippen LogP contribution in [0.5, 0.6) is 5.75 Å². The van der Waals surface area contributed by atoms with Gasteiger partial charge in [-0.05, 0) is 12.1 Å². The first kappa shape index (κ1) is 34.2. The molecule has 1 aliphatic heterocycles. The van der Waals surface area contributed by atoms with E-state index < -0.39 is 77.6 Å². The number of hydrogen-bond donors (Lipinski definition) is 5. The molecule has 0 spiro atoms. The summed E-state index contributed by atoms with van der Waals surface area (Å²) in [6, 6.07) is 3.30. The Morgan fingerprint density at radius 2 is 1.36 bits per heavy atom. The van der Waals surface area contributed by atoms with Gasteiger partial charge in [0.1, 0.15) is 30.4 Å². The van der Waals surface area contributed by atoms with Crippen LogP contribution < -0.4 is 10.1 Å². The minimum atomic E-state index is -1.70. The topological polar surface area (TPSA) is 266 Å². The zero-order chi connectivity index (χ0) is 30.4. The molecule has 17 heteroatoms. The number of non-ortho nitro benzene ring substituents is 1. The van der Waals surface area contributed by atoms with Crippen LogP contribution in [0.3, 0.4) is 0 Å². The first-order valence-corrected chi connectivity index (χ1v) is 10.8. The molecule has 0 radical (unpaired) electrons. The summed E-state index contributed by atoms with van der Waals surface area (Å²) in [5.41, 5.74) is -0.225. The number of carbonyl (C=O) groups excluding carboxylic acids is 2. The summed E-state index contributed by atoms with van der Waals surface area (Å²) >= 11 is 0. The highest BCUT2D eigenvalue weighted by molar-refractivity contribution is 5.83. The van der Waals surface area contributed by atoms with E-state index in [4.69, 9.17) is 34.0 Å². The van der Waals surface area contributed by atoms with E-state index in [2.05, 4.69) is 5.32 Å². The van der Waals surface area contributed by atoms with Crippen LogP contribution in [0.1, 0.15) is 27.7 Å². The van der Waals surface area contributed by atoms with Crippen molar-refractivity contribution < 1.29 is 68.3 Å². The van der Waals surface area contributed by atoms with Gasteiger partial charge < -0.3 is 40.0 Å². The maximum Gasteiger partial charge on any atom is 0.310 e. The van der Waals surface area contributed by atoms with Crippen LogP contribution in [0.4, 0.5) is 5.69 Å². The molecule has 216 valence electrons. The number of hydrogen-bond acceptors (Lipinski definition) is 11. The molecule has 39 heavy (non-hydrogen) atoms. The van der Waals surface area contributed by atoms with Crippen LogP contribution in [0, 0.1) is 22.0 Å². The molecule has 1 aromatic carbocycles. The number of rotatable bonds is 8. The summed E-state index contributed by atoms with van der Waals surface area (Å²) in [7, 11) is 0. The van der Waals surface area contributed by atoms with Gasteiger partial charge in [0.2, 0.25) is 12.2 Å². The lowest BCUT2D eigenvalue weighted by Gasteiger charge is -2.43. The smallest absolute Gasteiger partial charge is 0.310 e. The standard InChI is InChI=1S/C18H20N2O11.2C2H4O2/c1-8(21)19-15-14(17(25)26)13(16(23)24)12(7-29-9(2)22)31-18(15)30-11-5-3-10(4-6-11)20(27)28;2*1-2(3)4/h3-6,12-15,18H,7H2,1-2H3,(H,19,21)(H,23,24)(H,25,26);2*1H3,(H,3,4)/t12-,13-,14+,15+,18+;;/m0../s1. The highest BCUT2D eigenvalue weighted by Crippen LogP contribution is 2.34. The van der Waals surface area contributed by atoms with E-state index in [0.29, 0.717) is 0 Å². The van der Waals surface area contributed by atoms with Crippen molar-refractivity contribution in [3.8, 4) is 5.75 Å². The Hall–Kier alpha value is -4.80. The van der Waals surface area contributed by atoms with Crippen molar-refractivity contribution in [3.63, 3.8) is 0 Å². The Kier molecular flexibility index (Phi) is 14.1. The van der Waals surface area contributed by atoms with Gasteiger partial charge >= 0.3 is 17.9 Å². The number of nitrogens with zero attached hydrogens (tertiary/aromatic N) is 1. The second-order valence-corrected chi connectivity index (χ2v) is 7.71. The van der Waals surface area contributed by atoms with Crippen molar-refractivity contribution in [2.45, 2.75) is 46.1 Å². The lowest BCUT2D eigenvalue weighted by Crippen LogP contribution is -2.64. The minimum absolute atomic E-state index is 0.0371. The second kappa shape index (κ2) is 16.1. The van der Waals surface area contributed by atoms with Gasteiger partial charge in [0.05, 0.1) is 10.8 Å². The lowest BCUT2D eigenvalue weighted by molar-refractivity contribution is -0.384. The molecular formula is C22H28N2O15. The SMILES string of the molecule is CC(=O)N[C@H]1[C@H](Oc2ccc([N+](=O)[O-])cc2)O[C@@H](COC(C)=O)[C@H](C(=O)O)[C@H]1C(=O)O.CC(=O)O.CC(=O)O. The fourth-order valence-corrected chi connectivity index (χ4v) is 3.20. The van der Waals surface area contributed by atoms with E-state index >= 15 is 0 Å². The number of nitro groups is 1. The van der Waals surface area contributed by atoms with E-state index in [0.717, 1.165) is 39.8 Å². The van der Waals surface area contributed by atoms with Gasteiger partial charge in [0, 0.05) is 39.8 Å². The molecule has 1 fully saturated rings. The third kappa shape index (κ3) is 12.8. The predicted octanol–water partition coefficient (Wildman–Crippen LogP) is 0.350. The molecule has 1 amide bonds. The molecule has 0 unspecified atom stereocenters. The number of amides is 1. The zero-order valence-corrected chi connectivity index (χ0v) is 21.1. The Labute approximate surface area is 220 Å². The number of ether oxygens (including phenoxy) is 3. The monoisotopic (exact) mass is 560 g/mol. The van der Waals surface area contributed by atoms with Crippen molar-refractivity contribution in [3.05, 3.63) is 34.4 Å². The number of carboxylic acid groups (broad SMARTS) is 4. The fraction of sp³-hybridized carbons (Fsp3) is 0.455. The third-order valence-electron chi connectivity index (χ3n) is 4.47. The van der Waals surface area contributed by atoms with Crippen LogP contribution in [0.2, 0.25) is 0 Å². The van der Waals surface area contributed by atoms with Crippen LogP contribution in [-0.4, -0.2) is 86.1 Å². The normalized spacial score (nSPS) is 21.3. The fourth-order valence-electron chi connectivity index (χ4n) is 3.20. The Morgan fingerprint density at radius 3 is 1.72 bits per heavy atom. The van der Waals surface area contributed by atoms with E-state index in [-0.39, 0.29) is 11.4 Å². The van der Waals surface area contributed by atoms with Crippen molar-refractivity contribution in [1.82, 2.24) is 5.32 Å². The molecule has 1 heterocycles. The molecule has 1 aromatic rings. The van der Waals surface area contributed by atoms with Crippen molar-refractivity contribution >= 4 is 41.4 Å². The van der Waals surface area contributed by atoms with Crippen molar-refractivity contribution in [2.24, 2.45) is 11.8 Å². The first-order valence-electron chi connectivity index (χ1n) is 10.8. The maximum atomic E-state index is 12.0. The molecule has 0 aromatic heterocycles. The predicted molar refractivity (Wildman–Crippen MR) is 125 cm³/mol. The molecule has 2 rings (SSSR count). The Morgan fingerprint density at radius 1 is 0.897 bits per heavy atom. The van der Waals surface area contributed by atoms with Gasteiger partial charge in [-0.2, -0.15) is 0 Å². The summed E-state index contributed by atoms with van der Waals surface area (Å²) in [6.45, 7) is 3.78. The van der Waals surface area contributed by atoms with E-state index in [1.807, 2.05) is 0 Å². The number of carboxylic acids is 4. The summed E-state index contributed by atoms with van der Waals surface area (Å²) in [6.07, 6.45) is -2.90. The zero-order valence-electron chi connectivity index (χ0n) is 21.1. The highest BCUT2D eigenvalue weighted by Gasteiger charge is 2.54. The van der Waals surface area contributed by atoms with E-state index in [1.165, 1.54) is 12.1 Å². The van der Waals surface area contributed by atoms with Crippen LogP contribution in [-0.2, 0) is 38.2 Å². The number of nitrogens with one attached hydrogen (secondary N) is 1. The average molecular weight is 560 g/mol. The van der Waals surface area contributed by atoms with Gasteiger partial charge in [0.15, 0.2) is 0 Å². The van der Waals surface area contributed by atoms with Crippen LogP contribution in [0.15, 0.2) is 24.3 Å². The molecule has 17 nitrogen and oxygen atoms in total. The minimum Gasteiger partial charge on any atom is -0.481 e. The van der Waals surface area contributed by atoms with Gasteiger partial charge in [0.25, 0.3) is 17.6 Å². The van der Waals surface area contributed by atoms with Crippen molar-refractivity contribution in [1.29, 1.82) is 0 Å². The Bertz CT molecular complexity index is 1040. The van der Waals surface area contributed by atoms with E-state index in [9.17, 15) is 39.5 Å². The molecular weight excluding hydrogens is 532 g/mol. The molecule has 5 N–H and O–H groups in total. The largest absolute Gasteiger partial charge is 0.481 e. The molecule has 1 aliphatic rings. The highest BCUT2D eigenvalue weighted by atomic mass is 16.7. The average Bonchev–Trinajstić information content (AvgIpc) is 2.77. The lowest BCUT2D eigenvalue weighted by atomic mass is 9.79. The molecule has 0 saturated carbocycles. The maximum absolute atomic E-state index is 12.0. The van der Waals surface area contributed by atoms with Gasteiger partial charge in [-0.3, -0.25) is 38.9 Å². The van der Waals surface area contributed by atoms with Crippen molar-refractivity contribution in [2.75, 3.05) is 6.61 Å². The number of carbonyl (C=O) groups is 6. The summed E-state index contributed by atoms with van der Waals surface area (Å²) < 4.78 is 16.0. The summed E-state index contributed by atoms with van der Waals surface area (Å²) in [5, 5.41) is 47.3. The van der Waals surface area contributed by atoms with Gasteiger partial charge in [-0.15, -0.1) is 0 Å². The van der Waals surface area contributed by atoms with Gasteiger partial charge in [-0.25, -0.2) is 0 Å². The third-order valence-corrected chi connectivity index (χ3v) is 4.47. The number of benzene rings is 1. The number of esters is 1. The Balaban J connectivity index is 0.00000159. The van der Waals surface area contributed by atoms with Crippen LogP contribution >= 0.6 is 0 Å². The number of aliphatic carboxylic acids is 4. The summed E-state index contributed by atoms with van der Waals surface area (Å²) in [5.74, 6) is -9.48. The van der Waals surface area contributed by atoms with Gasteiger partial charge in [-0.1, -0.05) is 0 Å². The number of nitro benzene ring substituents is 1. The molecule has 5 atom stereocenters. The summed E-state index contributed by atoms with van der Waals surface area (Å²) in [4.78, 5) is 74.8. The molecule has 0 bridgehead atoms. The quantitative estimate of drug-likeness (QED) is 0.163. The first-order chi connectivity index (χ1) is 18.0. The second-order valence-electron chi connectivity index (χ2n) is 7.71.